The van der Waals surface area contributed by atoms with E-state index in [4.69, 9.17) is 11.5 Å². The van der Waals surface area contributed by atoms with Gasteiger partial charge in [-0.2, -0.15) is 0 Å². The van der Waals surface area contributed by atoms with Crippen molar-refractivity contribution in [2.24, 2.45) is 56.8 Å². The molecule has 134 valence electrons. The van der Waals surface area contributed by atoms with Crippen molar-refractivity contribution in [2.75, 3.05) is 13.1 Å². The fourth-order valence-electron chi connectivity index (χ4n) is 10.6. The number of hydrogen-bond donors (Lipinski definition) is 2. The van der Waals surface area contributed by atoms with E-state index in [1.807, 2.05) is 0 Å². The van der Waals surface area contributed by atoms with Crippen molar-refractivity contribution in [3.63, 3.8) is 0 Å². The fraction of sp³-hybridized carbons (Fsp3) is 1.00. The predicted octanol–water partition coefficient (Wildman–Crippen LogP) is 4.08. The second kappa shape index (κ2) is 4.42. The van der Waals surface area contributed by atoms with Crippen LogP contribution in [0.25, 0.3) is 0 Å². The zero-order valence-electron chi connectivity index (χ0n) is 15.4. The Hall–Kier alpha value is -0.0800. The van der Waals surface area contributed by atoms with Crippen molar-refractivity contribution in [1.29, 1.82) is 0 Å². The molecule has 8 aliphatic rings. The first kappa shape index (κ1) is 15.0. The van der Waals surface area contributed by atoms with E-state index in [2.05, 4.69) is 0 Å². The minimum Gasteiger partial charge on any atom is -0.330 e. The van der Waals surface area contributed by atoms with Crippen LogP contribution in [-0.2, 0) is 0 Å². The second-order valence-corrected chi connectivity index (χ2v) is 11.9. The van der Waals surface area contributed by atoms with E-state index in [0.29, 0.717) is 21.7 Å². The molecular weight excluding hydrogens is 292 g/mol. The van der Waals surface area contributed by atoms with Crippen LogP contribution in [0.2, 0.25) is 0 Å². The summed E-state index contributed by atoms with van der Waals surface area (Å²) in [5, 5.41) is 0. The molecule has 24 heavy (non-hydrogen) atoms. The molecular formula is C22H36N2. The number of rotatable bonds is 3. The van der Waals surface area contributed by atoms with Crippen LogP contribution >= 0.6 is 0 Å². The third-order valence-electron chi connectivity index (χ3n) is 10.4. The van der Waals surface area contributed by atoms with Crippen molar-refractivity contribution in [3.05, 3.63) is 0 Å². The summed E-state index contributed by atoms with van der Waals surface area (Å²) in [6.45, 7) is 1.93. The molecule has 0 aromatic rings. The minimum atomic E-state index is 0.531. The Bertz CT molecular complexity index is 488. The van der Waals surface area contributed by atoms with Crippen LogP contribution < -0.4 is 11.5 Å². The highest BCUT2D eigenvalue weighted by Crippen LogP contribution is 2.78. The van der Waals surface area contributed by atoms with Gasteiger partial charge in [0.15, 0.2) is 0 Å². The third-order valence-corrected chi connectivity index (χ3v) is 10.4. The highest BCUT2D eigenvalue weighted by atomic mass is 14.8. The van der Waals surface area contributed by atoms with Gasteiger partial charge in [-0.25, -0.2) is 0 Å². The zero-order valence-corrected chi connectivity index (χ0v) is 15.4. The van der Waals surface area contributed by atoms with Gasteiger partial charge in [-0.1, -0.05) is 0 Å². The Morgan fingerprint density at radius 3 is 1.17 bits per heavy atom. The van der Waals surface area contributed by atoms with Crippen molar-refractivity contribution in [1.82, 2.24) is 0 Å². The molecule has 8 saturated carbocycles. The van der Waals surface area contributed by atoms with Gasteiger partial charge in [-0.15, -0.1) is 0 Å². The molecule has 8 fully saturated rings. The van der Waals surface area contributed by atoms with E-state index < -0.39 is 0 Å². The topological polar surface area (TPSA) is 52.0 Å². The normalized spacial score (nSPS) is 63.2. The average Bonchev–Trinajstić information content (AvgIpc) is 2.52. The monoisotopic (exact) mass is 328 g/mol. The van der Waals surface area contributed by atoms with Crippen molar-refractivity contribution < 1.29 is 0 Å². The van der Waals surface area contributed by atoms with Gasteiger partial charge in [0.2, 0.25) is 0 Å². The van der Waals surface area contributed by atoms with Crippen LogP contribution in [0, 0.1) is 45.3 Å². The molecule has 4 N–H and O–H groups in total. The first-order valence-electron chi connectivity index (χ1n) is 10.9. The van der Waals surface area contributed by atoms with Crippen LogP contribution in [0.15, 0.2) is 0 Å². The molecule has 0 radical (unpaired) electrons. The summed E-state index contributed by atoms with van der Waals surface area (Å²) in [5.74, 6) is 4.04. The van der Waals surface area contributed by atoms with Crippen LogP contribution in [0.1, 0.15) is 77.0 Å². The van der Waals surface area contributed by atoms with E-state index >= 15 is 0 Å². The summed E-state index contributed by atoms with van der Waals surface area (Å²) in [6, 6.07) is 0. The Kier molecular flexibility index (Phi) is 2.77. The first-order valence-corrected chi connectivity index (χ1v) is 10.9. The van der Waals surface area contributed by atoms with Gasteiger partial charge in [0.25, 0.3) is 0 Å². The Morgan fingerprint density at radius 2 is 0.875 bits per heavy atom. The lowest BCUT2D eigenvalue weighted by molar-refractivity contribution is -0.235. The lowest BCUT2D eigenvalue weighted by Crippen LogP contribution is -2.66. The molecule has 0 aromatic heterocycles. The molecule has 8 rings (SSSR count). The minimum absolute atomic E-state index is 0.531. The molecule has 4 atom stereocenters. The summed E-state index contributed by atoms with van der Waals surface area (Å²) >= 11 is 0. The van der Waals surface area contributed by atoms with Crippen LogP contribution in [0.3, 0.4) is 0 Å². The highest BCUT2D eigenvalue weighted by molar-refractivity contribution is 5.19. The first-order chi connectivity index (χ1) is 11.5. The smallest absolute Gasteiger partial charge is 0.00201 e. The SMILES string of the molecule is NCC12CC3CC(C1)CC(C14CC5CC(CC(CN)(C5)C1)C4)(C3)C2. The summed E-state index contributed by atoms with van der Waals surface area (Å²) in [5.41, 5.74) is 15.2. The number of hydrogen-bond acceptors (Lipinski definition) is 2. The molecule has 0 aliphatic heterocycles. The van der Waals surface area contributed by atoms with Crippen molar-refractivity contribution in [2.45, 2.75) is 77.0 Å². The molecule has 0 saturated heterocycles. The van der Waals surface area contributed by atoms with E-state index in [1.54, 1.807) is 25.7 Å². The van der Waals surface area contributed by atoms with E-state index in [1.165, 1.54) is 51.4 Å². The van der Waals surface area contributed by atoms with Gasteiger partial charge >= 0.3 is 0 Å². The van der Waals surface area contributed by atoms with Crippen LogP contribution in [-0.4, -0.2) is 13.1 Å². The summed E-state index contributed by atoms with van der Waals surface area (Å²) in [7, 11) is 0. The van der Waals surface area contributed by atoms with E-state index in [9.17, 15) is 0 Å². The summed E-state index contributed by atoms with van der Waals surface area (Å²) in [6.07, 6.45) is 18.2. The zero-order chi connectivity index (χ0) is 16.2. The molecule has 4 unspecified atom stereocenters. The maximum Gasteiger partial charge on any atom is -0.00201 e. The van der Waals surface area contributed by atoms with Gasteiger partial charge in [-0.3, -0.25) is 0 Å². The Labute approximate surface area is 147 Å². The maximum absolute atomic E-state index is 6.41. The quantitative estimate of drug-likeness (QED) is 0.820. The molecule has 0 aromatic carbocycles. The Balaban J connectivity index is 1.44. The van der Waals surface area contributed by atoms with Gasteiger partial charge < -0.3 is 11.5 Å². The summed E-state index contributed by atoms with van der Waals surface area (Å²) < 4.78 is 0. The molecule has 0 spiro atoms. The van der Waals surface area contributed by atoms with E-state index in [0.717, 1.165) is 36.8 Å². The molecule has 0 amide bonds. The predicted molar refractivity (Wildman–Crippen MR) is 97.2 cm³/mol. The fourth-order valence-corrected chi connectivity index (χ4v) is 10.6. The summed E-state index contributed by atoms with van der Waals surface area (Å²) in [4.78, 5) is 0. The standard InChI is InChI=1S/C22H36N2/c23-13-19-3-15-1-16(4-19)8-21(7-15,11-19)22-9-17-2-18(10-22)6-20(5-17,12-22)14-24/h15-18H,1-14,23-24H2. The van der Waals surface area contributed by atoms with Crippen LogP contribution in [0.5, 0.6) is 0 Å². The molecule has 8 aliphatic carbocycles. The van der Waals surface area contributed by atoms with Crippen LogP contribution in [0.4, 0.5) is 0 Å². The van der Waals surface area contributed by atoms with Crippen molar-refractivity contribution >= 4 is 0 Å². The average molecular weight is 329 g/mol. The Morgan fingerprint density at radius 1 is 0.542 bits per heavy atom. The maximum atomic E-state index is 6.41. The van der Waals surface area contributed by atoms with Gasteiger partial charge in [0.05, 0.1) is 0 Å². The van der Waals surface area contributed by atoms with E-state index in [-0.39, 0.29) is 0 Å². The van der Waals surface area contributed by atoms with Gasteiger partial charge in [0, 0.05) is 0 Å². The highest BCUT2D eigenvalue weighted by Gasteiger charge is 2.69. The number of nitrogens with two attached hydrogens (primary N) is 2. The third kappa shape index (κ3) is 1.71. The molecule has 0 heterocycles. The van der Waals surface area contributed by atoms with Crippen molar-refractivity contribution in [3.8, 4) is 0 Å². The lowest BCUT2D eigenvalue weighted by atomic mass is 9.31. The largest absolute Gasteiger partial charge is 0.330 e. The second-order valence-electron chi connectivity index (χ2n) is 11.9. The van der Waals surface area contributed by atoms with Gasteiger partial charge in [0.1, 0.15) is 0 Å². The van der Waals surface area contributed by atoms with Gasteiger partial charge in [-0.05, 0) is 135 Å². The molecule has 8 bridgehead atoms. The molecule has 2 nitrogen and oxygen atoms in total. The molecule has 2 heteroatoms. The lowest BCUT2D eigenvalue weighted by Gasteiger charge is -2.74.